The van der Waals surface area contributed by atoms with E-state index in [-0.39, 0.29) is 17.3 Å². The Bertz CT molecular complexity index is 1420. The van der Waals surface area contributed by atoms with Gasteiger partial charge in [-0.05, 0) is 61.9 Å². The molecule has 4 rings (SSSR count). The molecule has 0 spiro atoms. The first-order valence-corrected chi connectivity index (χ1v) is 9.80. The van der Waals surface area contributed by atoms with Crippen LogP contribution in [0.3, 0.4) is 0 Å². The molecule has 1 aromatic heterocycles. The number of nitrogen functional groups attached to an aromatic ring is 1. The van der Waals surface area contributed by atoms with Crippen molar-refractivity contribution in [1.82, 2.24) is 9.97 Å². The zero-order chi connectivity index (χ0) is 23.2. The fourth-order valence-electron chi connectivity index (χ4n) is 3.51. The molecular formula is C24H22N6O2. The van der Waals surface area contributed by atoms with Crippen molar-refractivity contribution < 1.29 is 10.2 Å². The largest absolute Gasteiger partial charge is 0.507 e. The lowest BCUT2D eigenvalue weighted by Gasteiger charge is -2.22. The second-order valence-electron chi connectivity index (χ2n) is 8.19. The summed E-state index contributed by atoms with van der Waals surface area (Å²) < 4.78 is 0. The molecule has 8 nitrogen and oxygen atoms in total. The van der Waals surface area contributed by atoms with E-state index in [1.807, 2.05) is 13.8 Å². The van der Waals surface area contributed by atoms with Crippen LogP contribution in [0.4, 0.5) is 5.69 Å². The predicted molar refractivity (Wildman–Crippen MR) is 125 cm³/mol. The number of imidazole rings is 1. The van der Waals surface area contributed by atoms with Gasteiger partial charge < -0.3 is 26.7 Å². The fourth-order valence-corrected chi connectivity index (χ4v) is 3.51. The van der Waals surface area contributed by atoms with Gasteiger partial charge >= 0.3 is 0 Å². The lowest BCUT2D eigenvalue weighted by atomic mass is 9.89. The minimum atomic E-state index is -0.752. The van der Waals surface area contributed by atoms with E-state index in [2.05, 4.69) is 14.8 Å². The molecule has 0 saturated heterocycles. The Morgan fingerprint density at radius 1 is 1.06 bits per heavy atom. The molecule has 0 unspecified atom stereocenters. The summed E-state index contributed by atoms with van der Waals surface area (Å²) in [5.41, 5.74) is 15.1. The Kier molecular flexibility index (Phi) is 4.84. The minimum Gasteiger partial charge on any atom is -0.507 e. The van der Waals surface area contributed by atoms with Gasteiger partial charge in [-0.15, -0.1) is 0 Å². The number of H-pyrrole nitrogens is 1. The third-order valence-electron chi connectivity index (χ3n) is 5.30. The number of amidine groups is 1. The first-order chi connectivity index (χ1) is 15.1. The molecule has 8 heteroatoms. The number of hydrogen-bond acceptors (Lipinski definition) is 5. The van der Waals surface area contributed by atoms with E-state index < -0.39 is 5.54 Å². The second kappa shape index (κ2) is 7.41. The van der Waals surface area contributed by atoms with Crippen LogP contribution in [0.5, 0.6) is 11.5 Å². The van der Waals surface area contributed by atoms with E-state index in [0.29, 0.717) is 50.4 Å². The fraction of sp³-hybridized carbons (Fsp3) is 0.125. The summed E-state index contributed by atoms with van der Waals surface area (Å²) in [6.07, 6.45) is 0. The van der Waals surface area contributed by atoms with Gasteiger partial charge in [0.25, 0.3) is 0 Å². The number of fused-ring (bicyclic) bond motifs is 1. The molecule has 0 aliphatic heterocycles. The number of aromatic nitrogens is 2. The summed E-state index contributed by atoms with van der Waals surface area (Å²) >= 11 is 0. The molecule has 0 fully saturated rings. The van der Waals surface area contributed by atoms with Crippen LogP contribution < -0.4 is 11.5 Å². The zero-order valence-corrected chi connectivity index (χ0v) is 17.6. The number of nitrogens with two attached hydrogens (primary N) is 2. The highest BCUT2D eigenvalue weighted by molar-refractivity contribution is 5.98. The summed E-state index contributed by atoms with van der Waals surface area (Å²) in [6.45, 7) is 10.9. The number of nitrogens with zero attached hydrogens (tertiary/aromatic N) is 2. The van der Waals surface area contributed by atoms with Crippen molar-refractivity contribution >= 4 is 22.6 Å². The Labute approximate surface area is 184 Å². The molecule has 0 aliphatic carbocycles. The molecule has 0 amide bonds. The van der Waals surface area contributed by atoms with E-state index >= 15 is 0 Å². The van der Waals surface area contributed by atoms with Crippen LogP contribution in [0.1, 0.15) is 25.0 Å². The van der Waals surface area contributed by atoms with Crippen LogP contribution in [-0.4, -0.2) is 26.0 Å². The van der Waals surface area contributed by atoms with Crippen LogP contribution in [-0.2, 0) is 5.54 Å². The molecule has 4 aromatic rings. The Morgan fingerprint density at radius 2 is 1.78 bits per heavy atom. The van der Waals surface area contributed by atoms with Crippen molar-refractivity contribution in [2.75, 3.05) is 0 Å². The van der Waals surface area contributed by atoms with E-state index in [1.54, 1.807) is 30.3 Å². The number of benzene rings is 3. The molecule has 160 valence electrons. The maximum Gasteiger partial charge on any atom is 0.188 e. The first kappa shape index (κ1) is 20.9. The summed E-state index contributed by atoms with van der Waals surface area (Å²) in [5, 5.41) is 29.3. The average molecular weight is 426 g/mol. The molecule has 0 aliphatic rings. The quantitative estimate of drug-likeness (QED) is 0.163. The van der Waals surface area contributed by atoms with E-state index in [9.17, 15) is 10.2 Å². The van der Waals surface area contributed by atoms with Crippen LogP contribution in [0.2, 0.25) is 0 Å². The van der Waals surface area contributed by atoms with Gasteiger partial charge in [0.1, 0.15) is 23.2 Å². The number of phenolic OH excluding ortho intramolecular Hbond substituents is 2. The highest BCUT2D eigenvalue weighted by Crippen LogP contribution is 2.44. The SMILES string of the molecule is [C-]#[N+]c1ccc(O)c(-c2cc(C(C)(C)N)cc(-c3nc4ccc(C(=N)N)cc4[nH]3)c2O)c1. The molecule has 0 bridgehead atoms. The van der Waals surface area contributed by atoms with Gasteiger partial charge in [0.15, 0.2) is 5.69 Å². The van der Waals surface area contributed by atoms with E-state index in [4.69, 9.17) is 23.4 Å². The van der Waals surface area contributed by atoms with Gasteiger partial charge in [-0.2, -0.15) is 0 Å². The topological polar surface area (TPSA) is 149 Å². The van der Waals surface area contributed by atoms with Gasteiger partial charge in [-0.3, -0.25) is 5.41 Å². The van der Waals surface area contributed by atoms with Crippen molar-refractivity contribution in [3.8, 4) is 34.0 Å². The highest BCUT2D eigenvalue weighted by Gasteiger charge is 2.23. The average Bonchev–Trinajstić information content (AvgIpc) is 3.16. The lowest BCUT2D eigenvalue weighted by Crippen LogP contribution is -2.28. The third kappa shape index (κ3) is 3.62. The third-order valence-corrected chi connectivity index (χ3v) is 5.30. The van der Waals surface area contributed by atoms with Crippen molar-refractivity contribution in [3.63, 3.8) is 0 Å². The standard InChI is InChI=1S/C24H22N6O2/c1-24(2,27)13-9-16(15-11-14(28-3)5-7-20(15)31)21(32)17(10-13)23-29-18-6-4-12(22(25)26)8-19(18)30-23/h4-11,31-32H,27H2,1-2H3,(H3,25,26)(H,29,30). The molecule has 0 saturated carbocycles. The molecule has 8 N–H and O–H groups in total. The number of phenols is 2. The van der Waals surface area contributed by atoms with Gasteiger partial charge in [0.05, 0.1) is 23.2 Å². The molecule has 1 heterocycles. The zero-order valence-electron chi connectivity index (χ0n) is 17.6. The summed E-state index contributed by atoms with van der Waals surface area (Å²) in [7, 11) is 0. The maximum atomic E-state index is 11.2. The summed E-state index contributed by atoms with van der Waals surface area (Å²) in [5.74, 6) is 0.157. The molecule has 3 aromatic carbocycles. The first-order valence-electron chi connectivity index (χ1n) is 9.80. The highest BCUT2D eigenvalue weighted by atomic mass is 16.3. The Balaban J connectivity index is 1.99. The van der Waals surface area contributed by atoms with Crippen LogP contribution >= 0.6 is 0 Å². The van der Waals surface area contributed by atoms with Crippen molar-refractivity contribution in [2.24, 2.45) is 11.5 Å². The number of aromatic hydroxyl groups is 2. The number of hydrogen-bond donors (Lipinski definition) is 6. The molecular weight excluding hydrogens is 404 g/mol. The van der Waals surface area contributed by atoms with Gasteiger partial charge in [-0.25, -0.2) is 9.83 Å². The molecule has 0 atom stereocenters. The Morgan fingerprint density at radius 3 is 2.44 bits per heavy atom. The Hall–Kier alpha value is -4.35. The van der Waals surface area contributed by atoms with Crippen LogP contribution in [0.25, 0.3) is 38.4 Å². The molecule has 0 radical (unpaired) electrons. The van der Waals surface area contributed by atoms with Crippen molar-refractivity contribution in [2.45, 2.75) is 19.4 Å². The molecule has 32 heavy (non-hydrogen) atoms. The lowest BCUT2D eigenvalue weighted by molar-refractivity contribution is 0.469. The van der Waals surface area contributed by atoms with Gasteiger partial charge in [-0.1, -0.05) is 6.07 Å². The smallest absolute Gasteiger partial charge is 0.188 e. The normalized spacial score (nSPS) is 11.4. The maximum absolute atomic E-state index is 11.2. The summed E-state index contributed by atoms with van der Waals surface area (Å²) in [6, 6.07) is 13.1. The van der Waals surface area contributed by atoms with Crippen LogP contribution in [0, 0.1) is 12.0 Å². The summed E-state index contributed by atoms with van der Waals surface area (Å²) in [4.78, 5) is 11.2. The van der Waals surface area contributed by atoms with Crippen LogP contribution in [0.15, 0.2) is 48.5 Å². The number of nitrogens with one attached hydrogen (secondary N) is 2. The van der Waals surface area contributed by atoms with Crippen molar-refractivity contribution in [1.29, 1.82) is 5.41 Å². The van der Waals surface area contributed by atoms with E-state index in [1.165, 1.54) is 18.2 Å². The second-order valence-corrected chi connectivity index (χ2v) is 8.19. The number of aromatic amines is 1. The minimum absolute atomic E-state index is 0.0600. The van der Waals surface area contributed by atoms with E-state index in [0.717, 1.165) is 0 Å². The van der Waals surface area contributed by atoms with Gasteiger partial charge in [0.2, 0.25) is 0 Å². The monoisotopic (exact) mass is 426 g/mol. The predicted octanol–water partition coefficient (Wildman–Crippen LogP) is 4.34. The van der Waals surface area contributed by atoms with Crippen molar-refractivity contribution in [3.05, 3.63) is 71.1 Å². The van der Waals surface area contributed by atoms with Gasteiger partial charge in [0, 0.05) is 22.2 Å². The number of rotatable bonds is 4.